The van der Waals surface area contributed by atoms with E-state index in [-0.39, 0.29) is 5.41 Å². The zero-order valence-corrected chi connectivity index (χ0v) is 18.0. The normalized spacial score (nSPS) is 27.7. The van der Waals surface area contributed by atoms with E-state index in [0.29, 0.717) is 11.6 Å². The highest BCUT2D eigenvalue weighted by atomic mass is 32.2. The Bertz CT molecular complexity index is 728. The van der Waals surface area contributed by atoms with Crippen LogP contribution >= 0.6 is 0 Å². The van der Waals surface area contributed by atoms with Crippen molar-refractivity contribution in [2.75, 3.05) is 30.6 Å². The molecule has 0 amide bonds. The van der Waals surface area contributed by atoms with Crippen molar-refractivity contribution in [3.05, 3.63) is 29.8 Å². The summed E-state index contributed by atoms with van der Waals surface area (Å²) in [5.74, 6) is 1.54. The second kappa shape index (κ2) is 8.52. The van der Waals surface area contributed by atoms with E-state index in [1.54, 1.807) is 0 Å². The van der Waals surface area contributed by atoms with Gasteiger partial charge in [0.2, 0.25) is 10.0 Å². The fraction of sp³-hybridized carbons (Fsp3) is 0.727. The molecule has 1 aliphatic heterocycles. The number of hydrogen-bond acceptors (Lipinski definition) is 3. The van der Waals surface area contributed by atoms with Gasteiger partial charge in [-0.05, 0) is 67.3 Å². The molecule has 0 bridgehead atoms. The Morgan fingerprint density at radius 1 is 1.26 bits per heavy atom. The first-order valence-corrected chi connectivity index (χ1v) is 12.5. The molecule has 2 fully saturated rings. The molecule has 0 aromatic heterocycles. The molecule has 1 heterocycles. The maximum Gasteiger partial charge on any atom is 0.229 e. The highest BCUT2D eigenvalue weighted by Gasteiger charge is 2.38. The Kier molecular flexibility index (Phi) is 6.52. The van der Waals surface area contributed by atoms with Crippen molar-refractivity contribution in [3.8, 4) is 0 Å². The van der Waals surface area contributed by atoms with Gasteiger partial charge < -0.3 is 4.90 Å². The number of sulfonamides is 1. The lowest BCUT2D eigenvalue weighted by Gasteiger charge is -2.45. The zero-order valence-electron chi connectivity index (χ0n) is 17.2. The first-order chi connectivity index (χ1) is 12.8. The van der Waals surface area contributed by atoms with E-state index in [4.69, 9.17) is 0 Å². The van der Waals surface area contributed by atoms with Crippen molar-refractivity contribution in [2.24, 2.45) is 11.8 Å². The molecule has 4 nitrogen and oxygen atoms in total. The molecule has 1 aromatic rings. The molecule has 0 spiro atoms. The summed E-state index contributed by atoms with van der Waals surface area (Å²) in [5.41, 5.74) is 2.01. The highest BCUT2D eigenvalue weighted by Crippen LogP contribution is 2.40. The molecule has 3 rings (SSSR count). The largest absolute Gasteiger partial charge is 0.303 e. The van der Waals surface area contributed by atoms with Crippen LogP contribution in [0.1, 0.15) is 64.4 Å². The fourth-order valence-electron chi connectivity index (χ4n) is 5.00. The van der Waals surface area contributed by atoms with Crippen LogP contribution in [-0.2, 0) is 15.4 Å². The van der Waals surface area contributed by atoms with Gasteiger partial charge in [-0.2, -0.15) is 0 Å². The Morgan fingerprint density at radius 2 is 2.00 bits per heavy atom. The molecule has 2 aliphatic rings. The average molecular weight is 393 g/mol. The minimum Gasteiger partial charge on any atom is -0.303 e. The van der Waals surface area contributed by atoms with Gasteiger partial charge in [0.15, 0.2) is 0 Å². The van der Waals surface area contributed by atoms with Gasteiger partial charge in [-0.25, -0.2) is 8.42 Å². The predicted molar refractivity (Wildman–Crippen MR) is 114 cm³/mol. The monoisotopic (exact) mass is 392 g/mol. The molecule has 27 heavy (non-hydrogen) atoms. The molecule has 2 atom stereocenters. The quantitative estimate of drug-likeness (QED) is 0.736. The van der Waals surface area contributed by atoms with Gasteiger partial charge in [0.1, 0.15) is 0 Å². The molecule has 1 aromatic carbocycles. The molecule has 1 aliphatic carbocycles. The third-order valence-corrected chi connectivity index (χ3v) is 7.56. The molecule has 1 saturated carbocycles. The number of benzene rings is 1. The van der Waals surface area contributed by atoms with Gasteiger partial charge in [0, 0.05) is 12.2 Å². The fourth-order valence-corrected chi connectivity index (χ4v) is 5.56. The maximum absolute atomic E-state index is 11.6. The van der Waals surface area contributed by atoms with Gasteiger partial charge in [0.25, 0.3) is 0 Å². The first kappa shape index (κ1) is 20.7. The highest BCUT2D eigenvalue weighted by molar-refractivity contribution is 7.92. The molecule has 0 unspecified atom stereocenters. The van der Waals surface area contributed by atoms with Gasteiger partial charge in [-0.1, -0.05) is 51.7 Å². The van der Waals surface area contributed by atoms with Crippen LogP contribution in [0.3, 0.4) is 0 Å². The van der Waals surface area contributed by atoms with Gasteiger partial charge >= 0.3 is 0 Å². The van der Waals surface area contributed by atoms with E-state index in [1.165, 1.54) is 56.9 Å². The van der Waals surface area contributed by atoms with Crippen LogP contribution in [0, 0.1) is 11.8 Å². The Balaban J connectivity index is 1.58. The molecule has 0 radical (unpaired) electrons. The third kappa shape index (κ3) is 5.47. The number of anilines is 1. The number of piperidine rings is 1. The van der Waals surface area contributed by atoms with Crippen LogP contribution in [0.4, 0.5) is 5.69 Å². The standard InChI is InChI=1S/C22H36N2O2S/c1-18-17-24(14-7-10-19-8-4-5-9-19)15-13-22(18,2)20-11-6-12-21(16-20)23-27(3,25)26/h6,11-12,16,18-19,23H,4-5,7-10,13-15,17H2,1-3H3/t18-,22-/m0/s1. The minimum atomic E-state index is -3.24. The van der Waals surface area contributed by atoms with Gasteiger partial charge in [-0.3, -0.25) is 4.72 Å². The third-order valence-electron chi connectivity index (χ3n) is 6.95. The molecule has 1 N–H and O–H groups in total. The summed E-state index contributed by atoms with van der Waals surface area (Å²) in [4.78, 5) is 2.64. The number of rotatable bonds is 7. The smallest absolute Gasteiger partial charge is 0.229 e. The minimum absolute atomic E-state index is 0.0944. The lowest BCUT2D eigenvalue weighted by Crippen LogP contribution is -2.47. The second-order valence-corrected chi connectivity index (χ2v) is 10.9. The summed E-state index contributed by atoms with van der Waals surface area (Å²) in [7, 11) is -3.24. The van der Waals surface area contributed by atoms with Gasteiger partial charge in [-0.15, -0.1) is 0 Å². The molecular formula is C22H36N2O2S. The summed E-state index contributed by atoms with van der Waals surface area (Å²) < 4.78 is 25.7. The van der Waals surface area contributed by atoms with Crippen LogP contribution in [-0.4, -0.2) is 39.2 Å². The van der Waals surface area contributed by atoms with E-state index >= 15 is 0 Å². The lowest BCUT2D eigenvalue weighted by molar-refractivity contribution is 0.108. The lowest BCUT2D eigenvalue weighted by atomic mass is 9.68. The van der Waals surface area contributed by atoms with Crippen molar-refractivity contribution in [3.63, 3.8) is 0 Å². The van der Waals surface area contributed by atoms with Crippen LogP contribution in [0.5, 0.6) is 0 Å². The van der Waals surface area contributed by atoms with Crippen molar-refractivity contribution in [1.82, 2.24) is 4.90 Å². The van der Waals surface area contributed by atoms with Crippen LogP contribution < -0.4 is 4.72 Å². The SMILES string of the molecule is C[C@H]1CN(CCCC2CCCC2)CC[C@]1(C)c1cccc(NS(C)(=O)=O)c1. The Labute approximate surface area is 165 Å². The maximum atomic E-state index is 11.6. The van der Waals surface area contributed by atoms with Crippen LogP contribution in [0.25, 0.3) is 0 Å². The van der Waals surface area contributed by atoms with Crippen molar-refractivity contribution in [1.29, 1.82) is 0 Å². The number of hydrogen-bond donors (Lipinski definition) is 1. The second-order valence-electron chi connectivity index (χ2n) is 9.12. The number of nitrogens with one attached hydrogen (secondary N) is 1. The van der Waals surface area contributed by atoms with E-state index in [9.17, 15) is 8.42 Å². The van der Waals surface area contributed by atoms with E-state index in [0.717, 1.165) is 25.4 Å². The van der Waals surface area contributed by atoms with Crippen LogP contribution in [0.15, 0.2) is 24.3 Å². The Hall–Kier alpha value is -1.07. The molecule has 5 heteroatoms. The van der Waals surface area contributed by atoms with E-state index < -0.39 is 10.0 Å². The van der Waals surface area contributed by atoms with Gasteiger partial charge in [0.05, 0.1) is 6.26 Å². The molecular weight excluding hydrogens is 356 g/mol. The van der Waals surface area contributed by atoms with Crippen LogP contribution in [0.2, 0.25) is 0 Å². The van der Waals surface area contributed by atoms with Crippen molar-refractivity contribution < 1.29 is 8.42 Å². The topological polar surface area (TPSA) is 49.4 Å². The zero-order chi connectivity index (χ0) is 19.5. The summed E-state index contributed by atoms with van der Waals surface area (Å²) >= 11 is 0. The van der Waals surface area contributed by atoms with E-state index in [2.05, 4.69) is 29.5 Å². The summed E-state index contributed by atoms with van der Waals surface area (Å²) in [6.07, 6.45) is 10.9. The summed E-state index contributed by atoms with van der Waals surface area (Å²) in [6.45, 7) is 8.18. The number of likely N-dealkylation sites (tertiary alicyclic amines) is 1. The molecule has 1 saturated heterocycles. The predicted octanol–water partition coefficient (Wildman–Crippen LogP) is 4.63. The van der Waals surface area contributed by atoms with Crippen molar-refractivity contribution in [2.45, 2.75) is 64.2 Å². The molecule has 152 valence electrons. The number of nitrogens with zero attached hydrogens (tertiary/aromatic N) is 1. The Morgan fingerprint density at radius 3 is 2.67 bits per heavy atom. The van der Waals surface area contributed by atoms with Crippen molar-refractivity contribution >= 4 is 15.7 Å². The summed E-state index contributed by atoms with van der Waals surface area (Å²) in [5, 5.41) is 0. The van der Waals surface area contributed by atoms with E-state index in [1.807, 2.05) is 18.2 Å². The average Bonchev–Trinajstić information content (AvgIpc) is 3.10. The summed E-state index contributed by atoms with van der Waals surface area (Å²) in [6, 6.07) is 7.97. The first-order valence-electron chi connectivity index (χ1n) is 10.6.